The molecule has 5 heteroatoms. The molecule has 0 N–H and O–H groups in total. The minimum absolute atomic E-state index is 0.0854. The number of hydrogen-bond donors (Lipinski definition) is 0. The Balaban J connectivity index is 2.70. The first-order chi connectivity index (χ1) is 8.67. The number of fused-ring (bicyclic) bond motifs is 1. The van der Waals surface area contributed by atoms with Gasteiger partial charge in [-0.15, -0.1) is 0 Å². The predicted octanol–water partition coefficient (Wildman–Crippen LogP) is 1.69. The number of rotatable bonds is 4. The Hall–Kier alpha value is -2.30. The molecule has 1 aromatic heterocycles. The van der Waals surface area contributed by atoms with Crippen molar-refractivity contribution in [2.45, 2.75) is 6.92 Å². The lowest BCUT2D eigenvalue weighted by molar-refractivity contribution is -0.109. The molecule has 0 radical (unpaired) electrons. The molecule has 0 unspecified atom stereocenters. The molecule has 0 aliphatic carbocycles. The molecule has 0 saturated heterocycles. The van der Waals surface area contributed by atoms with Crippen LogP contribution >= 0.6 is 0 Å². The summed E-state index contributed by atoms with van der Waals surface area (Å²) >= 11 is 0. The molecule has 1 aromatic carbocycles. The van der Waals surface area contributed by atoms with Crippen LogP contribution in [0.4, 0.5) is 0 Å². The fraction of sp³-hybridized carbons (Fsp3) is 0.231. The molecule has 94 valence electrons. The highest BCUT2D eigenvalue weighted by Gasteiger charge is 2.13. The summed E-state index contributed by atoms with van der Waals surface area (Å²) in [7, 11) is 1.45. The Bertz CT molecular complexity index is 642. The Morgan fingerprint density at radius 2 is 2.17 bits per heavy atom. The number of aryl methyl sites for hydroxylation is 1. The Morgan fingerprint density at radius 1 is 1.39 bits per heavy atom. The van der Waals surface area contributed by atoms with E-state index in [4.69, 9.17) is 13.9 Å². The summed E-state index contributed by atoms with van der Waals surface area (Å²) in [6, 6.07) is 4.85. The van der Waals surface area contributed by atoms with Gasteiger partial charge in [0.05, 0.1) is 7.11 Å². The van der Waals surface area contributed by atoms with E-state index in [2.05, 4.69) is 0 Å². The summed E-state index contributed by atoms with van der Waals surface area (Å²) in [5.74, 6) is 0.681. The van der Waals surface area contributed by atoms with Gasteiger partial charge < -0.3 is 13.9 Å². The third-order valence-electron chi connectivity index (χ3n) is 2.55. The van der Waals surface area contributed by atoms with Crippen LogP contribution in [-0.2, 0) is 4.79 Å². The van der Waals surface area contributed by atoms with Crippen molar-refractivity contribution in [3.05, 3.63) is 34.2 Å². The number of ether oxygens (including phenoxy) is 2. The van der Waals surface area contributed by atoms with Crippen molar-refractivity contribution in [3.8, 4) is 11.5 Å². The van der Waals surface area contributed by atoms with E-state index in [-0.39, 0.29) is 6.61 Å². The van der Waals surface area contributed by atoms with Gasteiger partial charge in [0.25, 0.3) is 0 Å². The third kappa shape index (κ3) is 2.07. The molecule has 1 heterocycles. The van der Waals surface area contributed by atoms with E-state index in [9.17, 15) is 9.59 Å². The topological polar surface area (TPSA) is 65.7 Å². The van der Waals surface area contributed by atoms with Crippen molar-refractivity contribution in [3.63, 3.8) is 0 Å². The van der Waals surface area contributed by atoms with Gasteiger partial charge in [0.2, 0.25) is 5.75 Å². The lowest BCUT2D eigenvalue weighted by Gasteiger charge is -2.11. The average Bonchev–Trinajstić information content (AvgIpc) is 2.35. The van der Waals surface area contributed by atoms with Gasteiger partial charge in [0, 0.05) is 11.5 Å². The molecule has 0 saturated carbocycles. The number of carbonyl (C=O) groups is 1. The zero-order chi connectivity index (χ0) is 13.1. The summed E-state index contributed by atoms with van der Waals surface area (Å²) in [6.07, 6.45) is 0.635. The van der Waals surface area contributed by atoms with Crippen molar-refractivity contribution < 1.29 is 18.7 Å². The molecule has 0 spiro atoms. The van der Waals surface area contributed by atoms with Crippen LogP contribution in [0, 0.1) is 6.92 Å². The molecule has 0 aliphatic rings. The SMILES string of the molecule is COc1c(OCC=O)ccc2c(C)cc(=O)oc12. The van der Waals surface area contributed by atoms with Crippen molar-refractivity contribution in [2.75, 3.05) is 13.7 Å². The highest BCUT2D eigenvalue weighted by molar-refractivity contribution is 5.87. The maximum Gasteiger partial charge on any atom is 0.336 e. The van der Waals surface area contributed by atoms with Crippen LogP contribution in [0.25, 0.3) is 11.0 Å². The molecule has 0 amide bonds. The fourth-order valence-electron chi connectivity index (χ4n) is 1.77. The highest BCUT2D eigenvalue weighted by atomic mass is 16.5. The van der Waals surface area contributed by atoms with E-state index in [1.165, 1.54) is 13.2 Å². The molecule has 18 heavy (non-hydrogen) atoms. The second kappa shape index (κ2) is 4.91. The van der Waals surface area contributed by atoms with Crippen LogP contribution in [0.5, 0.6) is 11.5 Å². The third-order valence-corrected chi connectivity index (χ3v) is 2.55. The van der Waals surface area contributed by atoms with E-state index < -0.39 is 5.63 Å². The maximum absolute atomic E-state index is 11.4. The van der Waals surface area contributed by atoms with Crippen LogP contribution in [0.3, 0.4) is 0 Å². The summed E-state index contributed by atoms with van der Waals surface area (Å²) in [4.78, 5) is 21.7. The number of aldehydes is 1. The molecular formula is C13H12O5. The molecular weight excluding hydrogens is 236 g/mol. The second-order valence-corrected chi connectivity index (χ2v) is 3.70. The van der Waals surface area contributed by atoms with E-state index in [0.29, 0.717) is 23.4 Å². The number of hydrogen-bond acceptors (Lipinski definition) is 5. The molecule has 0 atom stereocenters. The summed E-state index contributed by atoms with van der Waals surface area (Å²) < 4.78 is 15.5. The summed E-state index contributed by atoms with van der Waals surface area (Å²) in [5, 5.41) is 0.768. The smallest absolute Gasteiger partial charge is 0.336 e. The monoisotopic (exact) mass is 248 g/mol. The number of methoxy groups -OCH3 is 1. The molecule has 0 aliphatic heterocycles. The average molecular weight is 248 g/mol. The number of carbonyl (C=O) groups excluding carboxylic acids is 1. The van der Waals surface area contributed by atoms with Crippen molar-refractivity contribution in [1.29, 1.82) is 0 Å². The molecule has 5 nitrogen and oxygen atoms in total. The zero-order valence-electron chi connectivity index (χ0n) is 10.1. The first-order valence-electron chi connectivity index (χ1n) is 5.35. The van der Waals surface area contributed by atoms with E-state index in [0.717, 1.165) is 10.9 Å². The predicted molar refractivity (Wildman–Crippen MR) is 65.3 cm³/mol. The van der Waals surface area contributed by atoms with E-state index in [1.807, 2.05) is 6.92 Å². The normalized spacial score (nSPS) is 10.3. The van der Waals surface area contributed by atoms with Gasteiger partial charge in [-0.3, -0.25) is 4.79 Å². The van der Waals surface area contributed by atoms with Crippen LogP contribution in [0.2, 0.25) is 0 Å². The molecule has 0 bridgehead atoms. The largest absolute Gasteiger partial charge is 0.490 e. The Labute approximate surface area is 103 Å². The lowest BCUT2D eigenvalue weighted by Crippen LogP contribution is -2.03. The van der Waals surface area contributed by atoms with Crippen molar-refractivity contribution >= 4 is 17.3 Å². The number of benzene rings is 1. The second-order valence-electron chi connectivity index (χ2n) is 3.70. The van der Waals surface area contributed by atoms with Gasteiger partial charge >= 0.3 is 5.63 Å². The van der Waals surface area contributed by atoms with Gasteiger partial charge in [-0.25, -0.2) is 4.79 Å². The standard InChI is InChI=1S/C13H12O5/c1-8-7-11(15)18-12-9(8)3-4-10(13(12)16-2)17-6-5-14/h3-5,7H,6H2,1-2H3. The Morgan fingerprint density at radius 3 is 2.83 bits per heavy atom. The first-order valence-corrected chi connectivity index (χ1v) is 5.35. The fourth-order valence-corrected chi connectivity index (χ4v) is 1.77. The van der Waals surface area contributed by atoms with Crippen LogP contribution in [0.15, 0.2) is 27.4 Å². The lowest BCUT2D eigenvalue weighted by atomic mass is 10.1. The van der Waals surface area contributed by atoms with Gasteiger partial charge in [-0.05, 0) is 24.6 Å². The quantitative estimate of drug-likeness (QED) is 0.608. The van der Waals surface area contributed by atoms with Gasteiger partial charge in [0.1, 0.15) is 6.61 Å². The van der Waals surface area contributed by atoms with Crippen molar-refractivity contribution in [1.82, 2.24) is 0 Å². The summed E-state index contributed by atoms with van der Waals surface area (Å²) in [6.45, 7) is 1.72. The first kappa shape index (κ1) is 12.2. The summed E-state index contributed by atoms with van der Waals surface area (Å²) in [5.41, 5.74) is 0.665. The zero-order valence-corrected chi connectivity index (χ0v) is 10.1. The molecule has 2 rings (SSSR count). The van der Waals surface area contributed by atoms with Gasteiger partial charge in [-0.2, -0.15) is 0 Å². The van der Waals surface area contributed by atoms with Crippen molar-refractivity contribution in [2.24, 2.45) is 0 Å². The van der Waals surface area contributed by atoms with Crippen LogP contribution in [0.1, 0.15) is 5.56 Å². The van der Waals surface area contributed by atoms with Crippen LogP contribution < -0.4 is 15.1 Å². The van der Waals surface area contributed by atoms with Gasteiger partial charge in [0.15, 0.2) is 17.6 Å². The van der Waals surface area contributed by atoms with Gasteiger partial charge in [-0.1, -0.05) is 0 Å². The highest BCUT2D eigenvalue weighted by Crippen LogP contribution is 2.35. The van der Waals surface area contributed by atoms with E-state index >= 15 is 0 Å². The van der Waals surface area contributed by atoms with Crippen LogP contribution in [-0.4, -0.2) is 20.0 Å². The minimum atomic E-state index is -0.453. The molecule has 0 fully saturated rings. The maximum atomic E-state index is 11.4. The Kier molecular flexibility index (Phi) is 3.32. The van der Waals surface area contributed by atoms with E-state index in [1.54, 1.807) is 12.1 Å². The minimum Gasteiger partial charge on any atom is -0.490 e. The molecule has 2 aromatic rings.